The number of fused-ring (bicyclic) bond motifs is 1. The van der Waals surface area contributed by atoms with Crippen molar-refractivity contribution in [2.45, 2.75) is 12.8 Å². The van der Waals surface area contributed by atoms with E-state index in [4.69, 9.17) is 0 Å². The smallest absolute Gasteiger partial charge is 0.227 e. The van der Waals surface area contributed by atoms with Crippen LogP contribution in [0.2, 0.25) is 0 Å². The van der Waals surface area contributed by atoms with E-state index in [1.165, 1.54) is 12.1 Å². The molecule has 19 heavy (non-hydrogen) atoms. The van der Waals surface area contributed by atoms with Crippen LogP contribution < -0.4 is 4.90 Å². The topological polar surface area (TPSA) is 20.3 Å². The number of carbonyl (C=O) groups is 1. The lowest BCUT2D eigenvalue weighted by Crippen LogP contribution is -2.30. The third-order valence-electron chi connectivity index (χ3n) is 3.58. The van der Waals surface area contributed by atoms with Crippen LogP contribution in [0.3, 0.4) is 0 Å². The highest BCUT2D eigenvalue weighted by atomic mass is 19.1. The molecule has 1 aliphatic heterocycles. The minimum atomic E-state index is -0.234. The predicted octanol–water partition coefficient (Wildman–Crippen LogP) is 3.40. The molecule has 0 spiro atoms. The molecular weight excluding hydrogens is 241 g/mol. The molecule has 0 N–H and O–H groups in total. The van der Waals surface area contributed by atoms with Gasteiger partial charge in [-0.05, 0) is 47.4 Å². The minimum absolute atomic E-state index is 0.144. The first-order chi connectivity index (χ1) is 9.15. The average molecular weight is 255 g/mol. The standard InChI is InChI=1S/C16H14FNO/c1-18-15-7-5-12(9-13(15)6-8-16(18)19)11-3-2-4-14(17)10-11/h2-5,7,9-10H,6,8H2,1H3. The summed E-state index contributed by atoms with van der Waals surface area (Å²) in [6, 6.07) is 12.5. The summed E-state index contributed by atoms with van der Waals surface area (Å²) in [5, 5.41) is 0. The lowest BCUT2D eigenvalue weighted by molar-refractivity contribution is -0.118. The van der Waals surface area contributed by atoms with Gasteiger partial charge in [-0.1, -0.05) is 18.2 Å². The van der Waals surface area contributed by atoms with Gasteiger partial charge in [0.15, 0.2) is 0 Å². The highest BCUT2D eigenvalue weighted by molar-refractivity contribution is 5.96. The van der Waals surface area contributed by atoms with Gasteiger partial charge in [-0.15, -0.1) is 0 Å². The minimum Gasteiger partial charge on any atom is -0.315 e. The van der Waals surface area contributed by atoms with Crippen LogP contribution in [0.4, 0.5) is 10.1 Å². The van der Waals surface area contributed by atoms with Gasteiger partial charge >= 0.3 is 0 Å². The van der Waals surface area contributed by atoms with Gasteiger partial charge in [0.25, 0.3) is 0 Å². The number of amides is 1. The highest BCUT2D eigenvalue weighted by Crippen LogP contribution is 2.31. The second kappa shape index (κ2) is 4.50. The molecule has 0 fully saturated rings. The van der Waals surface area contributed by atoms with Crippen molar-refractivity contribution in [1.29, 1.82) is 0 Å². The Morgan fingerprint density at radius 3 is 2.63 bits per heavy atom. The van der Waals surface area contributed by atoms with Crippen molar-refractivity contribution in [3.05, 3.63) is 53.8 Å². The number of hydrogen-bond donors (Lipinski definition) is 0. The van der Waals surface area contributed by atoms with E-state index >= 15 is 0 Å². The Morgan fingerprint density at radius 2 is 1.84 bits per heavy atom. The molecule has 3 heteroatoms. The fourth-order valence-corrected chi connectivity index (χ4v) is 2.50. The largest absolute Gasteiger partial charge is 0.315 e. The van der Waals surface area contributed by atoms with Gasteiger partial charge in [-0.25, -0.2) is 4.39 Å². The number of nitrogens with zero attached hydrogens (tertiary/aromatic N) is 1. The Kier molecular flexibility index (Phi) is 2.82. The van der Waals surface area contributed by atoms with E-state index < -0.39 is 0 Å². The summed E-state index contributed by atoms with van der Waals surface area (Å²) in [6.07, 6.45) is 1.29. The van der Waals surface area contributed by atoms with Gasteiger partial charge in [0, 0.05) is 19.2 Å². The van der Waals surface area contributed by atoms with Gasteiger partial charge in [0.05, 0.1) is 0 Å². The van der Waals surface area contributed by atoms with Crippen LogP contribution in [0.25, 0.3) is 11.1 Å². The fourth-order valence-electron chi connectivity index (χ4n) is 2.50. The molecule has 0 aliphatic carbocycles. The van der Waals surface area contributed by atoms with Crippen LogP contribution in [-0.2, 0) is 11.2 Å². The number of anilines is 1. The summed E-state index contributed by atoms with van der Waals surface area (Å²) in [7, 11) is 1.79. The monoisotopic (exact) mass is 255 g/mol. The molecule has 0 saturated heterocycles. The number of rotatable bonds is 1. The van der Waals surface area contributed by atoms with Crippen LogP contribution in [0.5, 0.6) is 0 Å². The summed E-state index contributed by atoms with van der Waals surface area (Å²) >= 11 is 0. The molecule has 0 bridgehead atoms. The molecule has 96 valence electrons. The molecular formula is C16H14FNO. The van der Waals surface area contributed by atoms with Crippen molar-refractivity contribution in [2.75, 3.05) is 11.9 Å². The summed E-state index contributed by atoms with van der Waals surface area (Å²) in [5.41, 5.74) is 3.95. The molecule has 0 aromatic heterocycles. The number of benzene rings is 2. The van der Waals surface area contributed by atoms with Gasteiger partial charge < -0.3 is 4.90 Å². The third kappa shape index (κ3) is 2.12. The van der Waals surface area contributed by atoms with E-state index in [1.54, 1.807) is 18.0 Å². The summed E-state index contributed by atoms with van der Waals surface area (Å²) in [4.78, 5) is 13.3. The van der Waals surface area contributed by atoms with Gasteiger partial charge in [-0.2, -0.15) is 0 Å². The number of hydrogen-bond acceptors (Lipinski definition) is 1. The van der Waals surface area contributed by atoms with E-state index in [-0.39, 0.29) is 11.7 Å². The molecule has 2 nitrogen and oxygen atoms in total. The van der Waals surface area contributed by atoms with Gasteiger partial charge in [0.1, 0.15) is 5.82 Å². The molecule has 1 amide bonds. The molecule has 1 heterocycles. The molecule has 1 aliphatic rings. The molecule has 2 aromatic rings. The van der Waals surface area contributed by atoms with Gasteiger partial charge in [0.2, 0.25) is 5.91 Å². The lowest BCUT2D eigenvalue weighted by atomic mass is 9.96. The van der Waals surface area contributed by atoms with Crippen LogP contribution in [0.1, 0.15) is 12.0 Å². The first kappa shape index (κ1) is 11.9. The maximum atomic E-state index is 13.3. The number of halogens is 1. The maximum absolute atomic E-state index is 13.3. The Labute approximate surface area is 111 Å². The molecule has 0 saturated carbocycles. The first-order valence-corrected chi connectivity index (χ1v) is 6.30. The summed E-state index contributed by atoms with van der Waals surface area (Å²) in [5.74, 6) is -0.0893. The normalized spacial score (nSPS) is 14.4. The predicted molar refractivity (Wildman–Crippen MR) is 73.6 cm³/mol. The first-order valence-electron chi connectivity index (χ1n) is 6.30. The zero-order valence-corrected chi connectivity index (χ0v) is 10.7. The van der Waals surface area contributed by atoms with Gasteiger partial charge in [-0.3, -0.25) is 4.79 Å². The highest BCUT2D eigenvalue weighted by Gasteiger charge is 2.20. The van der Waals surface area contributed by atoms with Crippen molar-refractivity contribution in [2.24, 2.45) is 0 Å². The quantitative estimate of drug-likeness (QED) is 0.764. The zero-order valence-electron chi connectivity index (χ0n) is 10.7. The fraction of sp³-hybridized carbons (Fsp3) is 0.188. The van der Waals surface area contributed by atoms with E-state index in [0.717, 1.165) is 28.8 Å². The second-order valence-corrected chi connectivity index (χ2v) is 4.81. The molecule has 2 aromatic carbocycles. The van der Waals surface area contributed by atoms with Crippen LogP contribution in [0.15, 0.2) is 42.5 Å². The molecule has 0 radical (unpaired) electrons. The van der Waals surface area contributed by atoms with E-state index in [2.05, 4.69) is 0 Å². The van der Waals surface area contributed by atoms with E-state index in [0.29, 0.717) is 6.42 Å². The summed E-state index contributed by atoms with van der Waals surface area (Å²) in [6.45, 7) is 0. The van der Waals surface area contributed by atoms with E-state index in [9.17, 15) is 9.18 Å². The zero-order chi connectivity index (χ0) is 13.4. The van der Waals surface area contributed by atoms with E-state index in [1.807, 2.05) is 24.3 Å². The van der Waals surface area contributed by atoms with Crippen molar-refractivity contribution in [3.8, 4) is 11.1 Å². The summed E-state index contributed by atoms with van der Waals surface area (Å²) < 4.78 is 13.3. The van der Waals surface area contributed by atoms with Crippen molar-refractivity contribution in [1.82, 2.24) is 0 Å². The Balaban J connectivity index is 2.05. The molecule has 0 unspecified atom stereocenters. The van der Waals surface area contributed by atoms with Crippen molar-refractivity contribution in [3.63, 3.8) is 0 Å². The average Bonchev–Trinajstić information content (AvgIpc) is 2.43. The van der Waals surface area contributed by atoms with Crippen molar-refractivity contribution >= 4 is 11.6 Å². The second-order valence-electron chi connectivity index (χ2n) is 4.81. The van der Waals surface area contributed by atoms with Crippen LogP contribution >= 0.6 is 0 Å². The number of aryl methyl sites for hydroxylation is 1. The Hall–Kier alpha value is -2.16. The van der Waals surface area contributed by atoms with Crippen molar-refractivity contribution < 1.29 is 9.18 Å². The third-order valence-corrected chi connectivity index (χ3v) is 3.58. The maximum Gasteiger partial charge on any atom is 0.227 e. The Morgan fingerprint density at radius 1 is 1.05 bits per heavy atom. The molecule has 3 rings (SSSR count). The van der Waals surface area contributed by atoms with Crippen LogP contribution in [-0.4, -0.2) is 13.0 Å². The molecule has 0 atom stereocenters. The van der Waals surface area contributed by atoms with Crippen LogP contribution in [0, 0.1) is 5.82 Å². The Bertz CT molecular complexity index is 651. The lowest BCUT2D eigenvalue weighted by Gasteiger charge is -2.26. The number of carbonyl (C=O) groups excluding carboxylic acids is 1. The SMILES string of the molecule is CN1C(=O)CCc2cc(-c3cccc(F)c3)ccc21.